The van der Waals surface area contributed by atoms with Crippen molar-refractivity contribution in [2.45, 2.75) is 19.3 Å². The van der Waals surface area contributed by atoms with E-state index in [1.165, 1.54) is 41.8 Å². The van der Waals surface area contributed by atoms with Gasteiger partial charge in [0.2, 0.25) is 5.91 Å². The van der Waals surface area contributed by atoms with Gasteiger partial charge in [-0.3, -0.25) is 4.79 Å². The van der Waals surface area contributed by atoms with Crippen LogP contribution in [-0.2, 0) is 17.9 Å². The summed E-state index contributed by atoms with van der Waals surface area (Å²) in [7, 11) is 1.52. The Bertz CT molecular complexity index is 647. The molecule has 2 heterocycles. The van der Waals surface area contributed by atoms with Crippen LogP contribution in [-0.4, -0.2) is 33.6 Å². The van der Waals surface area contributed by atoms with E-state index in [1.54, 1.807) is 6.08 Å². The highest BCUT2D eigenvalue weighted by atomic mass is 32.1. The second-order valence-corrected chi connectivity index (χ2v) is 5.45. The topological polar surface area (TPSA) is 38.1 Å². The molecule has 0 unspecified atom stereocenters. The SMILES string of the molecule is CN(Cc1nccn1CC(F)(F)F)C(=O)C=Cc1ccsc1. The predicted octanol–water partition coefficient (Wildman–Crippen LogP) is 3.18. The first-order valence-corrected chi connectivity index (χ1v) is 7.31. The minimum absolute atomic E-state index is 0.00981. The molecule has 0 saturated heterocycles. The molecule has 22 heavy (non-hydrogen) atoms. The fraction of sp³-hybridized carbons (Fsp3) is 0.286. The lowest BCUT2D eigenvalue weighted by Gasteiger charge is -2.16. The van der Waals surface area contributed by atoms with E-state index in [2.05, 4.69) is 4.98 Å². The number of carbonyl (C=O) groups excluding carboxylic acids is 1. The molecule has 2 rings (SSSR count). The van der Waals surface area contributed by atoms with Gasteiger partial charge < -0.3 is 9.47 Å². The lowest BCUT2D eigenvalue weighted by atomic mass is 10.3. The molecule has 1 amide bonds. The number of aromatic nitrogens is 2. The molecule has 0 spiro atoms. The fourth-order valence-electron chi connectivity index (χ4n) is 1.78. The van der Waals surface area contributed by atoms with Crippen LogP contribution in [0, 0.1) is 0 Å². The summed E-state index contributed by atoms with van der Waals surface area (Å²) in [6, 6.07) is 1.87. The van der Waals surface area contributed by atoms with Gasteiger partial charge in [0.05, 0.1) is 6.54 Å². The van der Waals surface area contributed by atoms with Crippen molar-refractivity contribution in [3.05, 3.63) is 46.7 Å². The highest BCUT2D eigenvalue weighted by Gasteiger charge is 2.29. The van der Waals surface area contributed by atoms with Crippen LogP contribution in [0.4, 0.5) is 13.2 Å². The Hall–Kier alpha value is -2.09. The zero-order chi connectivity index (χ0) is 16.2. The summed E-state index contributed by atoms with van der Waals surface area (Å²) in [6.07, 6.45) is 1.27. The number of halogens is 3. The van der Waals surface area contributed by atoms with Gasteiger partial charge in [-0.25, -0.2) is 4.98 Å². The fourth-order valence-corrected chi connectivity index (χ4v) is 2.41. The van der Waals surface area contributed by atoms with Gasteiger partial charge in [0.1, 0.15) is 12.4 Å². The molecule has 0 aliphatic carbocycles. The van der Waals surface area contributed by atoms with Crippen molar-refractivity contribution in [1.29, 1.82) is 0 Å². The zero-order valence-electron chi connectivity index (χ0n) is 11.7. The van der Waals surface area contributed by atoms with Gasteiger partial charge in [0.25, 0.3) is 0 Å². The third-order valence-electron chi connectivity index (χ3n) is 2.87. The molecule has 0 N–H and O–H groups in total. The van der Waals surface area contributed by atoms with Gasteiger partial charge in [-0.1, -0.05) is 0 Å². The Balaban J connectivity index is 1.98. The number of hydrogen-bond donors (Lipinski definition) is 0. The summed E-state index contributed by atoms with van der Waals surface area (Å²) >= 11 is 1.51. The van der Waals surface area contributed by atoms with Gasteiger partial charge in [0, 0.05) is 25.5 Å². The summed E-state index contributed by atoms with van der Waals surface area (Å²) in [5.41, 5.74) is 0.908. The normalized spacial score (nSPS) is 12.0. The van der Waals surface area contributed by atoms with Gasteiger partial charge in [-0.2, -0.15) is 24.5 Å². The molecule has 2 aromatic heterocycles. The average Bonchev–Trinajstić information content (AvgIpc) is 3.06. The molecule has 0 radical (unpaired) electrons. The van der Waals surface area contributed by atoms with Crippen LogP contribution in [0.5, 0.6) is 0 Å². The smallest absolute Gasteiger partial charge is 0.335 e. The molecule has 8 heteroatoms. The zero-order valence-corrected chi connectivity index (χ0v) is 12.6. The maximum Gasteiger partial charge on any atom is 0.406 e. The molecule has 2 aromatic rings. The lowest BCUT2D eigenvalue weighted by molar-refractivity contribution is -0.141. The van der Waals surface area contributed by atoms with Crippen LogP contribution in [0.3, 0.4) is 0 Å². The number of carbonyl (C=O) groups is 1. The van der Waals surface area contributed by atoms with Crippen LogP contribution in [0.2, 0.25) is 0 Å². The molecule has 4 nitrogen and oxygen atoms in total. The number of alkyl halides is 3. The highest BCUT2D eigenvalue weighted by molar-refractivity contribution is 7.08. The molecule has 0 aromatic carbocycles. The summed E-state index contributed by atoms with van der Waals surface area (Å²) in [5.74, 6) is -0.107. The lowest BCUT2D eigenvalue weighted by Crippen LogP contribution is -2.27. The van der Waals surface area contributed by atoms with Gasteiger partial charge >= 0.3 is 6.18 Å². The predicted molar refractivity (Wildman–Crippen MR) is 78.1 cm³/mol. The highest BCUT2D eigenvalue weighted by Crippen LogP contribution is 2.18. The first-order chi connectivity index (χ1) is 10.3. The van der Waals surface area contributed by atoms with E-state index in [1.807, 2.05) is 16.8 Å². The standard InChI is InChI=1S/C14H14F3N3OS/c1-19(13(21)3-2-11-4-7-22-9-11)8-12-18-5-6-20(12)10-14(15,16)17/h2-7,9H,8,10H2,1H3. The number of amides is 1. The number of hydrogen-bond acceptors (Lipinski definition) is 3. The average molecular weight is 329 g/mol. The van der Waals surface area contributed by atoms with E-state index in [9.17, 15) is 18.0 Å². The van der Waals surface area contributed by atoms with Crippen LogP contribution in [0.15, 0.2) is 35.3 Å². The monoisotopic (exact) mass is 329 g/mol. The summed E-state index contributed by atoms with van der Waals surface area (Å²) in [6.45, 7) is -1.11. The van der Waals surface area contributed by atoms with Crippen molar-refractivity contribution < 1.29 is 18.0 Å². The molecular weight excluding hydrogens is 315 g/mol. The van der Waals surface area contributed by atoms with Crippen molar-refractivity contribution in [2.75, 3.05) is 7.05 Å². The second-order valence-electron chi connectivity index (χ2n) is 4.67. The van der Waals surface area contributed by atoms with E-state index >= 15 is 0 Å². The number of nitrogens with zero attached hydrogens (tertiary/aromatic N) is 3. The van der Waals surface area contributed by atoms with E-state index in [0.29, 0.717) is 0 Å². The molecule has 0 atom stereocenters. The van der Waals surface area contributed by atoms with Crippen LogP contribution in [0.25, 0.3) is 6.08 Å². The molecular formula is C14H14F3N3OS. The molecule has 118 valence electrons. The molecule has 0 fully saturated rings. The van der Waals surface area contributed by atoms with E-state index in [4.69, 9.17) is 0 Å². The molecule has 0 aliphatic rings. The Morgan fingerprint density at radius 3 is 2.91 bits per heavy atom. The van der Waals surface area contributed by atoms with Crippen LogP contribution in [0.1, 0.15) is 11.4 Å². The van der Waals surface area contributed by atoms with Crippen LogP contribution < -0.4 is 0 Å². The minimum atomic E-state index is -4.32. The molecule has 0 aliphatic heterocycles. The number of imidazole rings is 1. The van der Waals surface area contributed by atoms with Crippen molar-refractivity contribution in [3.8, 4) is 0 Å². The largest absolute Gasteiger partial charge is 0.406 e. The Morgan fingerprint density at radius 2 is 2.27 bits per heavy atom. The Morgan fingerprint density at radius 1 is 1.50 bits per heavy atom. The summed E-state index contributed by atoms with van der Waals surface area (Å²) in [4.78, 5) is 17.1. The van der Waals surface area contributed by atoms with Gasteiger partial charge in [-0.15, -0.1) is 0 Å². The number of thiophene rings is 1. The van der Waals surface area contributed by atoms with Gasteiger partial charge in [0.15, 0.2) is 0 Å². The van der Waals surface area contributed by atoms with E-state index < -0.39 is 12.7 Å². The van der Waals surface area contributed by atoms with Crippen molar-refractivity contribution in [2.24, 2.45) is 0 Å². The Labute approximate surface area is 129 Å². The van der Waals surface area contributed by atoms with Crippen molar-refractivity contribution >= 4 is 23.3 Å². The van der Waals surface area contributed by atoms with E-state index in [-0.39, 0.29) is 18.3 Å². The number of likely N-dealkylation sites (N-methyl/N-ethyl adjacent to an activating group) is 1. The minimum Gasteiger partial charge on any atom is -0.335 e. The first-order valence-electron chi connectivity index (χ1n) is 6.37. The quantitative estimate of drug-likeness (QED) is 0.790. The van der Waals surface area contributed by atoms with Gasteiger partial charge in [-0.05, 0) is 28.5 Å². The molecule has 0 saturated carbocycles. The number of rotatable bonds is 5. The van der Waals surface area contributed by atoms with Crippen molar-refractivity contribution in [1.82, 2.24) is 14.5 Å². The van der Waals surface area contributed by atoms with E-state index in [0.717, 1.165) is 10.1 Å². The summed E-state index contributed by atoms with van der Waals surface area (Å²) in [5, 5.41) is 3.78. The van der Waals surface area contributed by atoms with Crippen molar-refractivity contribution in [3.63, 3.8) is 0 Å². The second kappa shape index (κ2) is 6.78. The summed E-state index contributed by atoms with van der Waals surface area (Å²) < 4.78 is 38.3. The third kappa shape index (κ3) is 4.73. The molecule has 0 bridgehead atoms. The van der Waals surface area contributed by atoms with Crippen LogP contribution >= 0.6 is 11.3 Å². The maximum atomic E-state index is 12.4. The third-order valence-corrected chi connectivity index (χ3v) is 3.57. The first kappa shape index (κ1) is 16.3. The maximum absolute atomic E-state index is 12.4. The Kier molecular flexibility index (Phi) is 5.02.